The van der Waals surface area contributed by atoms with Gasteiger partial charge in [0.05, 0.1) is 17.9 Å². The van der Waals surface area contributed by atoms with Gasteiger partial charge in [0.15, 0.2) is 0 Å². The third kappa shape index (κ3) is 1.62. The summed E-state index contributed by atoms with van der Waals surface area (Å²) in [4.78, 5) is 2.27. The Labute approximate surface area is 85.2 Å². The summed E-state index contributed by atoms with van der Waals surface area (Å²) in [6, 6.07) is 0.675. The van der Waals surface area contributed by atoms with Crippen LogP contribution < -0.4 is 10.6 Å². The van der Waals surface area contributed by atoms with Crippen LogP contribution in [0, 0.1) is 0 Å². The zero-order valence-corrected chi connectivity index (χ0v) is 8.59. The van der Waals surface area contributed by atoms with Crippen LogP contribution in [0.2, 0.25) is 0 Å². The molecule has 2 rings (SSSR count). The molecule has 0 atom stereocenters. The molecule has 1 fully saturated rings. The summed E-state index contributed by atoms with van der Waals surface area (Å²) in [5.74, 6) is 0. The number of likely N-dealkylation sites (N-methyl/N-ethyl adjacent to an activating group) is 1. The predicted octanol–water partition coefficient (Wildman–Crippen LogP) is 1.14. The average Bonchev–Trinajstić information content (AvgIpc) is 3.04. The molecule has 2 aliphatic rings. The minimum atomic E-state index is 0.675. The summed E-state index contributed by atoms with van der Waals surface area (Å²) in [5.41, 5.74) is 2.49. The molecule has 0 aromatic heterocycles. The van der Waals surface area contributed by atoms with Crippen molar-refractivity contribution in [1.29, 1.82) is 0 Å². The van der Waals surface area contributed by atoms with Gasteiger partial charge in [0, 0.05) is 13.1 Å². The van der Waals surface area contributed by atoms with Crippen molar-refractivity contribution in [3.8, 4) is 0 Å². The summed E-state index contributed by atoms with van der Waals surface area (Å²) >= 11 is 0. The fourth-order valence-electron chi connectivity index (χ4n) is 1.75. The van der Waals surface area contributed by atoms with E-state index in [-0.39, 0.29) is 0 Å². The first kappa shape index (κ1) is 9.19. The van der Waals surface area contributed by atoms with E-state index in [0.717, 1.165) is 6.54 Å². The molecule has 0 unspecified atom stereocenters. The van der Waals surface area contributed by atoms with Gasteiger partial charge in [0.1, 0.15) is 0 Å². The Hall–Kier alpha value is -1.38. The summed E-state index contributed by atoms with van der Waals surface area (Å²) in [5, 5.41) is 6.42. The Morgan fingerprint density at radius 1 is 1.64 bits per heavy atom. The van der Waals surface area contributed by atoms with Gasteiger partial charge in [0.25, 0.3) is 0 Å². The molecule has 1 saturated carbocycles. The highest BCUT2D eigenvalue weighted by Crippen LogP contribution is 2.31. The number of hydrogen-bond donors (Lipinski definition) is 2. The normalized spacial score (nSPS) is 20.4. The Morgan fingerprint density at radius 2 is 2.43 bits per heavy atom. The second kappa shape index (κ2) is 3.78. The highest BCUT2D eigenvalue weighted by Gasteiger charge is 2.29. The van der Waals surface area contributed by atoms with Crippen molar-refractivity contribution in [3.63, 3.8) is 0 Å². The van der Waals surface area contributed by atoms with E-state index in [1.54, 1.807) is 0 Å². The van der Waals surface area contributed by atoms with E-state index >= 15 is 0 Å². The van der Waals surface area contributed by atoms with Crippen LogP contribution in [-0.4, -0.2) is 24.5 Å². The van der Waals surface area contributed by atoms with Gasteiger partial charge < -0.3 is 15.5 Å². The standard InChI is InChI=1S/C11H17N3/c1-3-14(9-4-5-9)11-6-7-13-8-10(11)12-2/h3,6-7,9,12-13H,1,4-5,8H2,2H3. The number of hydrogen-bond acceptors (Lipinski definition) is 3. The van der Waals surface area contributed by atoms with Gasteiger partial charge in [-0.05, 0) is 31.3 Å². The van der Waals surface area contributed by atoms with Crippen molar-refractivity contribution >= 4 is 0 Å². The van der Waals surface area contributed by atoms with Gasteiger partial charge in [0.2, 0.25) is 0 Å². The molecule has 0 saturated heterocycles. The molecular weight excluding hydrogens is 174 g/mol. The van der Waals surface area contributed by atoms with E-state index < -0.39 is 0 Å². The topological polar surface area (TPSA) is 27.3 Å². The quantitative estimate of drug-likeness (QED) is 0.698. The summed E-state index contributed by atoms with van der Waals surface area (Å²) < 4.78 is 0. The van der Waals surface area contributed by atoms with Crippen molar-refractivity contribution in [3.05, 3.63) is 36.4 Å². The molecule has 1 aliphatic carbocycles. The molecule has 0 radical (unpaired) electrons. The largest absolute Gasteiger partial charge is 0.388 e. The molecule has 0 bridgehead atoms. The number of rotatable bonds is 4. The lowest BCUT2D eigenvalue weighted by atomic mass is 10.2. The van der Waals surface area contributed by atoms with Crippen LogP contribution in [-0.2, 0) is 0 Å². The van der Waals surface area contributed by atoms with Crippen molar-refractivity contribution in [1.82, 2.24) is 15.5 Å². The van der Waals surface area contributed by atoms with Gasteiger partial charge in [-0.1, -0.05) is 6.58 Å². The van der Waals surface area contributed by atoms with Crippen LogP contribution in [0.3, 0.4) is 0 Å². The van der Waals surface area contributed by atoms with Crippen molar-refractivity contribution in [2.24, 2.45) is 0 Å². The molecule has 0 spiro atoms. The Morgan fingerprint density at radius 3 is 3.00 bits per heavy atom. The van der Waals surface area contributed by atoms with E-state index in [1.165, 1.54) is 24.2 Å². The first-order chi connectivity index (χ1) is 6.86. The van der Waals surface area contributed by atoms with Crippen molar-refractivity contribution < 1.29 is 0 Å². The molecule has 0 aromatic carbocycles. The van der Waals surface area contributed by atoms with Crippen LogP contribution in [0.15, 0.2) is 36.4 Å². The lowest BCUT2D eigenvalue weighted by molar-refractivity contribution is 0.455. The van der Waals surface area contributed by atoms with Crippen molar-refractivity contribution in [2.45, 2.75) is 18.9 Å². The zero-order valence-electron chi connectivity index (χ0n) is 8.59. The second-order valence-electron chi connectivity index (χ2n) is 3.65. The molecule has 0 amide bonds. The predicted molar refractivity (Wildman–Crippen MR) is 58.3 cm³/mol. The van der Waals surface area contributed by atoms with Gasteiger partial charge >= 0.3 is 0 Å². The molecular formula is C11H17N3. The lowest BCUT2D eigenvalue weighted by Gasteiger charge is -2.26. The fraction of sp³-hybridized carbons (Fsp3) is 0.455. The zero-order chi connectivity index (χ0) is 9.97. The van der Waals surface area contributed by atoms with E-state index in [9.17, 15) is 0 Å². The number of nitrogens with zero attached hydrogens (tertiary/aromatic N) is 1. The van der Waals surface area contributed by atoms with Gasteiger partial charge in [-0.15, -0.1) is 0 Å². The van der Waals surface area contributed by atoms with E-state index in [0.29, 0.717) is 6.04 Å². The fourth-order valence-corrected chi connectivity index (χ4v) is 1.75. The Bertz CT molecular complexity index is 287. The van der Waals surface area contributed by atoms with E-state index in [2.05, 4.69) is 28.2 Å². The molecule has 3 nitrogen and oxygen atoms in total. The molecule has 76 valence electrons. The summed E-state index contributed by atoms with van der Waals surface area (Å²) in [7, 11) is 1.96. The Balaban J connectivity index is 2.23. The van der Waals surface area contributed by atoms with E-state index in [1.807, 2.05) is 19.4 Å². The minimum Gasteiger partial charge on any atom is -0.388 e. The van der Waals surface area contributed by atoms with E-state index in [4.69, 9.17) is 0 Å². The molecule has 0 aromatic rings. The molecule has 2 N–H and O–H groups in total. The van der Waals surface area contributed by atoms with Crippen molar-refractivity contribution in [2.75, 3.05) is 13.6 Å². The maximum atomic E-state index is 3.88. The van der Waals surface area contributed by atoms with Gasteiger partial charge in [-0.3, -0.25) is 0 Å². The van der Waals surface area contributed by atoms with Crippen LogP contribution in [0.4, 0.5) is 0 Å². The van der Waals surface area contributed by atoms with Gasteiger partial charge in [-0.2, -0.15) is 0 Å². The number of dihydropyridines is 1. The monoisotopic (exact) mass is 191 g/mol. The first-order valence-corrected chi connectivity index (χ1v) is 5.08. The summed E-state index contributed by atoms with van der Waals surface area (Å²) in [6.45, 7) is 4.75. The molecule has 1 heterocycles. The maximum absolute atomic E-state index is 3.88. The average molecular weight is 191 g/mol. The SMILES string of the molecule is C=CN(C1=C(NC)CNC=C1)C1CC1. The third-order valence-electron chi connectivity index (χ3n) is 2.66. The smallest absolute Gasteiger partial charge is 0.0634 e. The maximum Gasteiger partial charge on any atom is 0.0634 e. The lowest BCUT2D eigenvalue weighted by Crippen LogP contribution is -2.30. The number of allylic oxidation sites excluding steroid dienone is 1. The molecule has 3 heteroatoms. The third-order valence-corrected chi connectivity index (χ3v) is 2.66. The molecule has 14 heavy (non-hydrogen) atoms. The van der Waals surface area contributed by atoms with Crippen LogP contribution in [0.25, 0.3) is 0 Å². The van der Waals surface area contributed by atoms with Crippen LogP contribution in [0.5, 0.6) is 0 Å². The Kier molecular flexibility index (Phi) is 2.48. The summed E-state index contributed by atoms with van der Waals surface area (Å²) in [6.07, 6.45) is 8.60. The highest BCUT2D eigenvalue weighted by molar-refractivity contribution is 5.30. The first-order valence-electron chi connectivity index (χ1n) is 5.08. The number of nitrogens with one attached hydrogen (secondary N) is 2. The minimum absolute atomic E-state index is 0.675. The van der Waals surface area contributed by atoms with Gasteiger partial charge in [-0.25, -0.2) is 0 Å². The second-order valence-corrected chi connectivity index (χ2v) is 3.65. The molecule has 1 aliphatic heterocycles. The van der Waals surface area contributed by atoms with Crippen LogP contribution >= 0.6 is 0 Å². The highest BCUT2D eigenvalue weighted by atomic mass is 15.2. The van der Waals surface area contributed by atoms with Crippen LogP contribution in [0.1, 0.15) is 12.8 Å².